The van der Waals surface area contributed by atoms with Gasteiger partial charge in [0.05, 0.1) is 18.3 Å². The zero-order chi connectivity index (χ0) is 20.8. The van der Waals surface area contributed by atoms with Crippen molar-refractivity contribution in [2.75, 3.05) is 0 Å². The summed E-state index contributed by atoms with van der Waals surface area (Å²) >= 11 is 0. The molecule has 10 heteroatoms. The normalized spacial score (nSPS) is 10.6. The molecule has 0 aliphatic rings. The first-order valence-electron chi connectivity index (χ1n) is 8.39. The van der Waals surface area contributed by atoms with E-state index in [-0.39, 0.29) is 23.6 Å². The Hall–Kier alpha value is -3.95. The number of aromatic nitrogens is 2. The van der Waals surface area contributed by atoms with Crippen LogP contribution in [0.4, 0.5) is 8.78 Å². The average Bonchev–Trinajstić information content (AvgIpc) is 3.10. The maximum absolute atomic E-state index is 12.2. The Morgan fingerprint density at radius 3 is 2.41 bits per heavy atom. The summed E-state index contributed by atoms with van der Waals surface area (Å²) in [6.07, 6.45) is 1.16. The molecule has 0 atom stereocenters. The number of benzene rings is 2. The van der Waals surface area contributed by atoms with E-state index >= 15 is 0 Å². The number of carbonyl (C=O) groups excluding carboxylic acids is 2. The predicted molar refractivity (Wildman–Crippen MR) is 97.6 cm³/mol. The van der Waals surface area contributed by atoms with Gasteiger partial charge in [0.1, 0.15) is 5.75 Å². The van der Waals surface area contributed by atoms with Crippen LogP contribution in [0.2, 0.25) is 0 Å². The van der Waals surface area contributed by atoms with Crippen LogP contribution < -0.4 is 15.6 Å². The maximum Gasteiger partial charge on any atom is 0.387 e. The molecule has 3 rings (SSSR count). The standard InChI is InChI=1S/C19H16F2N4O4/c20-19(21)29-14-8-6-12(7-9-14)10-16(27)22-23-18(28)17-15(26)11-25(24-17)13-4-2-1-3-5-13/h1-9,11,19,26H,10H2,(H,22,27)(H,23,28). The van der Waals surface area contributed by atoms with E-state index in [9.17, 15) is 23.5 Å². The molecule has 1 aromatic heterocycles. The Bertz CT molecular complexity index is 991. The molecule has 150 valence electrons. The first-order chi connectivity index (χ1) is 13.9. The van der Waals surface area contributed by atoms with Crippen LogP contribution in [0.25, 0.3) is 5.69 Å². The average molecular weight is 402 g/mol. The van der Waals surface area contributed by atoms with Gasteiger partial charge in [-0.1, -0.05) is 30.3 Å². The molecule has 8 nitrogen and oxygen atoms in total. The second kappa shape index (κ2) is 8.83. The molecule has 0 bridgehead atoms. The van der Waals surface area contributed by atoms with Crippen molar-refractivity contribution in [2.45, 2.75) is 13.0 Å². The Morgan fingerprint density at radius 2 is 1.76 bits per heavy atom. The number of hydrazine groups is 1. The fraction of sp³-hybridized carbons (Fsp3) is 0.105. The lowest BCUT2D eigenvalue weighted by molar-refractivity contribution is -0.121. The second-order valence-electron chi connectivity index (χ2n) is 5.84. The topological polar surface area (TPSA) is 105 Å². The summed E-state index contributed by atoms with van der Waals surface area (Å²) in [5, 5.41) is 13.9. The number of amides is 2. The third-order valence-electron chi connectivity index (χ3n) is 3.76. The molecule has 0 aliphatic heterocycles. The van der Waals surface area contributed by atoms with Crippen LogP contribution >= 0.6 is 0 Å². The van der Waals surface area contributed by atoms with Crippen LogP contribution in [0.5, 0.6) is 11.5 Å². The predicted octanol–water partition coefficient (Wildman–Crippen LogP) is 2.18. The van der Waals surface area contributed by atoms with Crippen molar-refractivity contribution in [3.8, 4) is 17.2 Å². The largest absolute Gasteiger partial charge is 0.504 e. The molecule has 1 heterocycles. The second-order valence-corrected chi connectivity index (χ2v) is 5.84. The minimum Gasteiger partial charge on any atom is -0.504 e. The van der Waals surface area contributed by atoms with E-state index in [4.69, 9.17) is 0 Å². The number of hydrogen-bond acceptors (Lipinski definition) is 5. The van der Waals surface area contributed by atoms with Crippen molar-refractivity contribution in [1.29, 1.82) is 0 Å². The minimum atomic E-state index is -2.93. The fourth-order valence-electron chi connectivity index (χ4n) is 2.44. The van der Waals surface area contributed by atoms with Gasteiger partial charge in [0, 0.05) is 0 Å². The van der Waals surface area contributed by atoms with Gasteiger partial charge < -0.3 is 9.84 Å². The summed E-state index contributed by atoms with van der Waals surface area (Å²) < 4.78 is 29.8. The molecule has 29 heavy (non-hydrogen) atoms. The van der Waals surface area contributed by atoms with E-state index in [1.165, 1.54) is 35.1 Å². The highest BCUT2D eigenvalue weighted by molar-refractivity contribution is 5.96. The number of hydrogen-bond donors (Lipinski definition) is 3. The van der Waals surface area contributed by atoms with Crippen LogP contribution in [0, 0.1) is 0 Å². The molecule has 0 unspecified atom stereocenters. The van der Waals surface area contributed by atoms with Crippen molar-refractivity contribution >= 4 is 11.8 Å². The summed E-state index contributed by atoms with van der Waals surface area (Å²) in [7, 11) is 0. The Labute approximate surface area is 163 Å². The first kappa shape index (κ1) is 19.8. The van der Waals surface area contributed by atoms with Crippen LogP contribution in [0.3, 0.4) is 0 Å². The Balaban J connectivity index is 1.55. The lowest BCUT2D eigenvalue weighted by Crippen LogP contribution is -2.42. The molecule has 3 aromatic rings. The van der Waals surface area contributed by atoms with Crippen molar-refractivity contribution in [2.24, 2.45) is 0 Å². The van der Waals surface area contributed by atoms with Gasteiger partial charge in [-0.25, -0.2) is 4.68 Å². The summed E-state index contributed by atoms with van der Waals surface area (Å²) in [5.41, 5.74) is 5.27. The molecular formula is C19H16F2N4O4. The lowest BCUT2D eigenvalue weighted by atomic mass is 10.1. The molecule has 0 saturated heterocycles. The van der Waals surface area contributed by atoms with Gasteiger partial charge in [0.25, 0.3) is 5.91 Å². The third-order valence-corrected chi connectivity index (χ3v) is 3.76. The molecule has 0 radical (unpaired) electrons. The van der Waals surface area contributed by atoms with E-state index in [1.807, 2.05) is 6.07 Å². The first-order valence-corrected chi connectivity index (χ1v) is 8.39. The summed E-state index contributed by atoms with van der Waals surface area (Å²) in [5.74, 6) is -1.73. The number of para-hydroxylation sites is 1. The number of rotatable bonds is 6. The molecule has 0 fully saturated rings. The number of halogens is 2. The number of alkyl halides is 2. The SMILES string of the molecule is O=C(Cc1ccc(OC(F)F)cc1)NNC(=O)c1nn(-c2ccccc2)cc1O. The van der Waals surface area contributed by atoms with Crippen molar-refractivity contribution in [3.63, 3.8) is 0 Å². The van der Waals surface area contributed by atoms with Crippen LogP contribution in [-0.2, 0) is 11.2 Å². The third kappa shape index (κ3) is 5.28. The fourth-order valence-corrected chi connectivity index (χ4v) is 2.44. The maximum atomic E-state index is 12.2. The van der Waals surface area contributed by atoms with Crippen molar-refractivity contribution < 1.29 is 28.2 Å². The number of carbonyl (C=O) groups is 2. The van der Waals surface area contributed by atoms with E-state index in [0.717, 1.165) is 0 Å². The van der Waals surface area contributed by atoms with Gasteiger partial charge in [-0.3, -0.25) is 20.4 Å². The van der Waals surface area contributed by atoms with E-state index in [1.54, 1.807) is 24.3 Å². The van der Waals surface area contributed by atoms with Gasteiger partial charge in [-0.05, 0) is 29.8 Å². The summed E-state index contributed by atoms with van der Waals surface area (Å²) in [4.78, 5) is 24.1. The minimum absolute atomic E-state index is 0.0260. The lowest BCUT2D eigenvalue weighted by Gasteiger charge is -2.08. The van der Waals surface area contributed by atoms with Crippen LogP contribution in [0.1, 0.15) is 16.1 Å². The van der Waals surface area contributed by atoms with Crippen LogP contribution in [0.15, 0.2) is 60.8 Å². The highest BCUT2D eigenvalue weighted by atomic mass is 19.3. The van der Waals surface area contributed by atoms with Gasteiger partial charge in [0.2, 0.25) is 5.91 Å². The quantitative estimate of drug-likeness (QED) is 0.548. The van der Waals surface area contributed by atoms with E-state index < -0.39 is 18.4 Å². The Morgan fingerprint density at radius 1 is 1.07 bits per heavy atom. The monoisotopic (exact) mass is 402 g/mol. The van der Waals surface area contributed by atoms with Crippen molar-refractivity contribution in [1.82, 2.24) is 20.6 Å². The number of nitrogens with zero attached hydrogens (tertiary/aromatic N) is 2. The summed E-state index contributed by atoms with van der Waals surface area (Å²) in [6, 6.07) is 14.4. The van der Waals surface area contributed by atoms with E-state index in [2.05, 4.69) is 20.7 Å². The van der Waals surface area contributed by atoms with Gasteiger partial charge >= 0.3 is 6.61 Å². The number of aromatic hydroxyl groups is 1. The highest BCUT2D eigenvalue weighted by Gasteiger charge is 2.17. The Kier molecular flexibility index (Phi) is 6.03. The molecular weight excluding hydrogens is 386 g/mol. The smallest absolute Gasteiger partial charge is 0.387 e. The molecule has 2 amide bonds. The number of ether oxygens (including phenoxy) is 1. The molecule has 2 aromatic carbocycles. The molecule has 3 N–H and O–H groups in total. The molecule has 0 aliphatic carbocycles. The van der Waals surface area contributed by atoms with Crippen molar-refractivity contribution in [3.05, 3.63) is 72.1 Å². The number of nitrogens with one attached hydrogen (secondary N) is 2. The molecule has 0 saturated carbocycles. The van der Waals surface area contributed by atoms with Crippen LogP contribution in [-0.4, -0.2) is 33.3 Å². The van der Waals surface area contributed by atoms with Gasteiger partial charge in [0.15, 0.2) is 11.4 Å². The van der Waals surface area contributed by atoms with Gasteiger partial charge in [-0.15, -0.1) is 0 Å². The van der Waals surface area contributed by atoms with Gasteiger partial charge in [-0.2, -0.15) is 13.9 Å². The zero-order valence-electron chi connectivity index (χ0n) is 14.9. The highest BCUT2D eigenvalue weighted by Crippen LogP contribution is 2.18. The molecule has 0 spiro atoms. The summed E-state index contributed by atoms with van der Waals surface area (Å²) in [6.45, 7) is -2.93. The zero-order valence-corrected chi connectivity index (χ0v) is 14.9. The van der Waals surface area contributed by atoms with E-state index in [0.29, 0.717) is 11.3 Å².